The Kier molecular flexibility index (Phi) is 5.76. The molecule has 106 valence electrons. The van der Waals surface area contributed by atoms with Crippen LogP contribution in [0.2, 0.25) is 0 Å². The Morgan fingerprint density at radius 3 is 2.53 bits per heavy atom. The average molecular weight is 287 g/mol. The number of benzene rings is 1. The molecule has 1 fully saturated rings. The van der Waals surface area contributed by atoms with Gasteiger partial charge in [0.2, 0.25) is 0 Å². The molecule has 0 bridgehead atoms. The summed E-state index contributed by atoms with van der Waals surface area (Å²) < 4.78 is 14.4. The van der Waals surface area contributed by atoms with Gasteiger partial charge in [-0.2, -0.15) is 0 Å². The fourth-order valence-corrected chi connectivity index (χ4v) is 2.40. The highest BCUT2D eigenvalue weighted by Crippen LogP contribution is 2.29. The quantitative estimate of drug-likeness (QED) is 0.905. The van der Waals surface area contributed by atoms with E-state index in [0.29, 0.717) is 5.56 Å². The maximum atomic E-state index is 14.4. The van der Waals surface area contributed by atoms with E-state index in [1.54, 1.807) is 32.3 Å². The maximum absolute atomic E-state index is 14.4. The molecule has 0 atom stereocenters. The molecule has 5 heteroatoms. The van der Waals surface area contributed by atoms with Crippen molar-refractivity contribution >= 4 is 18.3 Å². The Morgan fingerprint density at radius 1 is 1.32 bits per heavy atom. The van der Waals surface area contributed by atoms with Crippen LogP contribution in [0.25, 0.3) is 0 Å². The minimum atomic E-state index is -0.344. The van der Waals surface area contributed by atoms with E-state index in [1.165, 1.54) is 4.90 Å². The summed E-state index contributed by atoms with van der Waals surface area (Å²) in [5.74, 6) is -0.396. The molecular weight excluding hydrogens is 267 g/mol. The van der Waals surface area contributed by atoms with Gasteiger partial charge < -0.3 is 10.2 Å². The monoisotopic (exact) mass is 286 g/mol. The Hall–Kier alpha value is -1.13. The number of nitrogens with zero attached hydrogens (tertiary/aromatic N) is 1. The van der Waals surface area contributed by atoms with Gasteiger partial charge in [0.05, 0.1) is 5.56 Å². The molecule has 1 aromatic rings. The van der Waals surface area contributed by atoms with Crippen LogP contribution >= 0.6 is 12.4 Å². The van der Waals surface area contributed by atoms with Crippen molar-refractivity contribution in [2.45, 2.75) is 18.8 Å². The van der Waals surface area contributed by atoms with E-state index in [9.17, 15) is 9.18 Å². The molecule has 0 unspecified atom stereocenters. The molecule has 0 spiro atoms. The minimum absolute atomic E-state index is 0. The van der Waals surface area contributed by atoms with Crippen LogP contribution in [-0.2, 0) is 0 Å². The second kappa shape index (κ2) is 6.87. The van der Waals surface area contributed by atoms with Gasteiger partial charge in [0.15, 0.2) is 0 Å². The average Bonchev–Trinajstić information content (AvgIpc) is 2.39. The van der Waals surface area contributed by atoms with Crippen molar-refractivity contribution in [2.75, 3.05) is 27.2 Å². The minimum Gasteiger partial charge on any atom is -0.345 e. The predicted molar refractivity (Wildman–Crippen MR) is 76.5 cm³/mol. The molecule has 1 heterocycles. The van der Waals surface area contributed by atoms with Crippen molar-refractivity contribution in [3.8, 4) is 0 Å². The van der Waals surface area contributed by atoms with Gasteiger partial charge in [-0.1, -0.05) is 12.1 Å². The Balaban J connectivity index is 0.00000180. The third-order valence-corrected chi connectivity index (χ3v) is 3.44. The number of piperidine rings is 1. The smallest absolute Gasteiger partial charge is 0.256 e. The van der Waals surface area contributed by atoms with E-state index in [2.05, 4.69) is 5.32 Å². The summed E-state index contributed by atoms with van der Waals surface area (Å²) in [6.07, 6.45) is 1.85. The summed E-state index contributed by atoms with van der Waals surface area (Å²) in [6, 6.07) is 5.14. The van der Waals surface area contributed by atoms with Crippen molar-refractivity contribution in [1.82, 2.24) is 10.2 Å². The van der Waals surface area contributed by atoms with Crippen LogP contribution in [0.15, 0.2) is 18.2 Å². The number of hydrogen-bond donors (Lipinski definition) is 1. The highest BCUT2D eigenvalue weighted by atomic mass is 35.5. The van der Waals surface area contributed by atoms with Gasteiger partial charge >= 0.3 is 0 Å². The van der Waals surface area contributed by atoms with Crippen LogP contribution in [0.4, 0.5) is 4.39 Å². The Morgan fingerprint density at radius 2 is 1.95 bits per heavy atom. The van der Waals surface area contributed by atoms with Gasteiger partial charge in [-0.25, -0.2) is 4.39 Å². The van der Waals surface area contributed by atoms with Gasteiger partial charge in [-0.05, 0) is 43.5 Å². The van der Waals surface area contributed by atoms with Crippen molar-refractivity contribution in [3.05, 3.63) is 35.1 Å². The first-order valence-corrected chi connectivity index (χ1v) is 6.32. The van der Waals surface area contributed by atoms with Crippen LogP contribution in [-0.4, -0.2) is 38.0 Å². The van der Waals surface area contributed by atoms with Gasteiger partial charge in [-0.15, -0.1) is 12.4 Å². The first-order valence-electron chi connectivity index (χ1n) is 6.32. The molecule has 1 saturated heterocycles. The number of halogens is 2. The topological polar surface area (TPSA) is 32.3 Å². The van der Waals surface area contributed by atoms with Crippen LogP contribution in [0.5, 0.6) is 0 Å². The summed E-state index contributed by atoms with van der Waals surface area (Å²) in [6.45, 7) is 1.83. The molecule has 0 aromatic heterocycles. The molecule has 1 aliphatic heterocycles. The van der Waals surface area contributed by atoms with Crippen molar-refractivity contribution in [1.29, 1.82) is 0 Å². The standard InChI is InChI=1S/C14H19FN2O.ClH/c1-17(2)14(18)12-5-3-4-11(13(12)15)10-6-8-16-9-7-10;/h3-5,10,16H,6-9H2,1-2H3;1H. The third kappa shape index (κ3) is 3.45. The summed E-state index contributed by atoms with van der Waals surface area (Å²) in [5.41, 5.74) is 0.861. The fourth-order valence-electron chi connectivity index (χ4n) is 2.40. The number of hydrogen-bond acceptors (Lipinski definition) is 2. The van der Waals surface area contributed by atoms with Gasteiger partial charge in [0.1, 0.15) is 5.82 Å². The molecule has 1 aliphatic rings. The molecule has 0 radical (unpaired) electrons. The third-order valence-electron chi connectivity index (χ3n) is 3.44. The van der Waals surface area contributed by atoms with Gasteiger partial charge in [0, 0.05) is 14.1 Å². The Labute approximate surface area is 119 Å². The summed E-state index contributed by atoms with van der Waals surface area (Å²) in [7, 11) is 3.28. The lowest BCUT2D eigenvalue weighted by atomic mass is 9.88. The zero-order chi connectivity index (χ0) is 13.1. The lowest BCUT2D eigenvalue weighted by Crippen LogP contribution is -2.28. The molecule has 3 nitrogen and oxygen atoms in total. The normalized spacial score (nSPS) is 15.7. The van der Waals surface area contributed by atoms with E-state index in [-0.39, 0.29) is 35.6 Å². The van der Waals surface area contributed by atoms with Crippen LogP contribution in [0.3, 0.4) is 0 Å². The van der Waals surface area contributed by atoms with E-state index < -0.39 is 0 Å². The predicted octanol–water partition coefficient (Wildman–Crippen LogP) is 2.42. The molecule has 1 aromatic carbocycles. The molecule has 0 saturated carbocycles. The van der Waals surface area contributed by atoms with E-state index in [0.717, 1.165) is 25.9 Å². The molecule has 1 amide bonds. The first-order chi connectivity index (χ1) is 8.61. The zero-order valence-electron chi connectivity index (χ0n) is 11.3. The lowest BCUT2D eigenvalue weighted by molar-refractivity contribution is 0.0822. The van der Waals surface area contributed by atoms with E-state index in [4.69, 9.17) is 0 Å². The first kappa shape index (κ1) is 15.9. The largest absolute Gasteiger partial charge is 0.345 e. The van der Waals surface area contributed by atoms with Crippen molar-refractivity contribution in [2.24, 2.45) is 0 Å². The number of carbonyl (C=O) groups excluding carboxylic acids is 1. The summed E-state index contributed by atoms with van der Waals surface area (Å²) in [5, 5.41) is 3.26. The second-order valence-electron chi connectivity index (χ2n) is 4.93. The number of nitrogens with one attached hydrogen (secondary N) is 1. The van der Waals surface area contributed by atoms with Crippen molar-refractivity contribution < 1.29 is 9.18 Å². The molecule has 19 heavy (non-hydrogen) atoms. The zero-order valence-corrected chi connectivity index (χ0v) is 12.1. The maximum Gasteiger partial charge on any atom is 0.256 e. The second-order valence-corrected chi connectivity index (χ2v) is 4.93. The van der Waals surface area contributed by atoms with Crippen molar-refractivity contribution in [3.63, 3.8) is 0 Å². The summed E-state index contributed by atoms with van der Waals surface area (Å²) in [4.78, 5) is 13.3. The number of rotatable bonds is 2. The van der Waals surface area contributed by atoms with E-state index in [1.807, 2.05) is 0 Å². The van der Waals surface area contributed by atoms with Gasteiger partial charge in [0.25, 0.3) is 5.91 Å². The molecular formula is C14H20ClFN2O. The Bertz CT molecular complexity index is 445. The van der Waals surface area contributed by atoms with E-state index >= 15 is 0 Å². The fraction of sp³-hybridized carbons (Fsp3) is 0.500. The highest BCUT2D eigenvalue weighted by molar-refractivity contribution is 5.94. The van der Waals surface area contributed by atoms with Gasteiger partial charge in [-0.3, -0.25) is 4.79 Å². The highest BCUT2D eigenvalue weighted by Gasteiger charge is 2.22. The van der Waals surface area contributed by atoms with Crippen LogP contribution in [0.1, 0.15) is 34.7 Å². The summed E-state index contributed by atoms with van der Waals surface area (Å²) >= 11 is 0. The molecule has 0 aliphatic carbocycles. The molecule has 2 rings (SSSR count). The number of carbonyl (C=O) groups is 1. The SMILES string of the molecule is CN(C)C(=O)c1cccc(C2CCNCC2)c1F.Cl. The van der Waals surface area contributed by atoms with Crippen LogP contribution < -0.4 is 5.32 Å². The number of amides is 1. The molecule has 1 N–H and O–H groups in total. The van der Waals surface area contributed by atoms with Crippen LogP contribution in [0, 0.1) is 5.82 Å². The lowest BCUT2D eigenvalue weighted by Gasteiger charge is -2.24.